The highest BCUT2D eigenvalue weighted by Crippen LogP contribution is 2.22. The zero-order valence-electron chi connectivity index (χ0n) is 10.2. The lowest BCUT2D eigenvalue weighted by Crippen LogP contribution is -2.34. The molecule has 4 heteroatoms. The Morgan fingerprint density at radius 1 is 1.38 bits per heavy atom. The molecule has 1 rings (SSSR count). The van der Waals surface area contributed by atoms with E-state index >= 15 is 0 Å². The minimum atomic E-state index is 0.100. The summed E-state index contributed by atoms with van der Waals surface area (Å²) in [7, 11) is 0. The van der Waals surface area contributed by atoms with E-state index in [-0.39, 0.29) is 5.91 Å². The molecule has 3 N–H and O–H groups in total. The highest BCUT2D eigenvalue weighted by molar-refractivity contribution is 5.75. The second-order valence-electron chi connectivity index (χ2n) is 4.53. The van der Waals surface area contributed by atoms with Gasteiger partial charge in [-0.15, -0.1) is 0 Å². The van der Waals surface area contributed by atoms with Crippen molar-refractivity contribution in [1.29, 1.82) is 0 Å². The highest BCUT2D eigenvalue weighted by atomic mass is 16.5. The SMILES string of the molecule is CCOCCC(=O)NCC1CCC(N)CC1. The predicted molar refractivity (Wildman–Crippen MR) is 64.1 cm³/mol. The van der Waals surface area contributed by atoms with Gasteiger partial charge in [0.25, 0.3) is 0 Å². The Bertz CT molecular complexity index is 201. The first-order chi connectivity index (χ1) is 7.72. The fourth-order valence-electron chi connectivity index (χ4n) is 2.05. The van der Waals surface area contributed by atoms with Crippen molar-refractivity contribution in [2.24, 2.45) is 11.7 Å². The van der Waals surface area contributed by atoms with Gasteiger partial charge in [0.05, 0.1) is 6.61 Å². The molecule has 0 aromatic rings. The monoisotopic (exact) mass is 228 g/mol. The van der Waals surface area contributed by atoms with Crippen LogP contribution in [0, 0.1) is 5.92 Å². The van der Waals surface area contributed by atoms with Gasteiger partial charge in [0.2, 0.25) is 5.91 Å². The van der Waals surface area contributed by atoms with Gasteiger partial charge >= 0.3 is 0 Å². The molecule has 0 aliphatic heterocycles. The molecule has 94 valence electrons. The molecule has 0 unspecified atom stereocenters. The molecule has 1 aliphatic rings. The smallest absolute Gasteiger partial charge is 0.222 e. The fraction of sp³-hybridized carbons (Fsp3) is 0.917. The van der Waals surface area contributed by atoms with Gasteiger partial charge < -0.3 is 15.8 Å². The number of carbonyl (C=O) groups is 1. The predicted octanol–water partition coefficient (Wildman–Crippen LogP) is 1.05. The van der Waals surface area contributed by atoms with Crippen molar-refractivity contribution < 1.29 is 9.53 Å². The van der Waals surface area contributed by atoms with E-state index < -0.39 is 0 Å². The van der Waals surface area contributed by atoms with Crippen molar-refractivity contribution in [3.63, 3.8) is 0 Å². The van der Waals surface area contributed by atoms with Crippen LogP contribution in [0.2, 0.25) is 0 Å². The van der Waals surface area contributed by atoms with E-state index in [9.17, 15) is 4.79 Å². The van der Waals surface area contributed by atoms with Gasteiger partial charge in [-0.1, -0.05) is 0 Å². The standard InChI is InChI=1S/C12H24N2O2/c1-2-16-8-7-12(15)14-9-10-3-5-11(13)6-4-10/h10-11H,2-9,13H2,1H3,(H,14,15). The minimum absolute atomic E-state index is 0.100. The molecule has 0 heterocycles. The zero-order valence-corrected chi connectivity index (χ0v) is 10.2. The third kappa shape index (κ3) is 5.47. The summed E-state index contributed by atoms with van der Waals surface area (Å²) in [4.78, 5) is 11.4. The summed E-state index contributed by atoms with van der Waals surface area (Å²) in [6.45, 7) is 3.94. The first kappa shape index (κ1) is 13.5. The second kappa shape index (κ2) is 7.63. The summed E-state index contributed by atoms with van der Waals surface area (Å²) in [6, 6.07) is 0.380. The molecule has 0 aromatic carbocycles. The highest BCUT2D eigenvalue weighted by Gasteiger charge is 2.18. The van der Waals surface area contributed by atoms with Crippen LogP contribution in [0.15, 0.2) is 0 Å². The Morgan fingerprint density at radius 3 is 2.69 bits per heavy atom. The van der Waals surface area contributed by atoms with Crippen molar-refractivity contribution in [1.82, 2.24) is 5.32 Å². The van der Waals surface area contributed by atoms with Gasteiger partial charge in [-0.05, 0) is 38.5 Å². The molecule has 4 nitrogen and oxygen atoms in total. The third-order valence-corrected chi connectivity index (χ3v) is 3.16. The van der Waals surface area contributed by atoms with Crippen molar-refractivity contribution in [2.75, 3.05) is 19.8 Å². The lowest BCUT2D eigenvalue weighted by molar-refractivity contribution is -0.122. The molecule has 1 amide bonds. The summed E-state index contributed by atoms with van der Waals surface area (Å²) in [5, 5.41) is 2.97. The molecule has 1 fully saturated rings. The number of hydrogen-bond donors (Lipinski definition) is 2. The van der Waals surface area contributed by atoms with E-state index in [0.29, 0.717) is 31.6 Å². The molecule has 0 radical (unpaired) electrons. The van der Waals surface area contributed by atoms with Gasteiger partial charge in [0, 0.05) is 25.6 Å². The fourth-order valence-corrected chi connectivity index (χ4v) is 2.05. The van der Waals surface area contributed by atoms with Crippen molar-refractivity contribution in [2.45, 2.75) is 45.1 Å². The van der Waals surface area contributed by atoms with E-state index in [1.54, 1.807) is 0 Å². The number of rotatable bonds is 6. The van der Waals surface area contributed by atoms with E-state index in [0.717, 1.165) is 32.2 Å². The number of amides is 1. The minimum Gasteiger partial charge on any atom is -0.381 e. The first-order valence-corrected chi connectivity index (χ1v) is 6.32. The van der Waals surface area contributed by atoms with Crippen LogP contribution in [-0.2, 0) is 9.53 Å². The molecule has 16 heavy (non-hydrogen) atoms. The van der Waals surface area contributed by atoms with Gasteiger partial charge in [-0.2, -0.15) is 0 Å². The molecule has 0 bridgehead atoms. The Hall–Kier alpha value is -0.610. The Morgan fingerprint density at radius 2 is 2.06 bits per heavy atom. The summed E-state index contributed by atoms with van der Waals surface area (Å²) < 4.78 is 5.13. The lowest BCUT2D eigenvalue weighted by Gasteiger charge is -2.26. The van der Waals surface area contributed by atoms with E-state index in [1.165, 1.54) is 0 Å². The molecule has 0 saturated heterocycles. The maximum atomic E-state index is 11.4. The third-order valence-electron chi connectivity index (χ3n) is 3.16. The summed E-state index contributed by atoms with van der Waals surface area (Å²) >= 11 is 0. The van der Waals surface area contributed by atoms with E-state index in [1.807, 2.05) is 6.92 Å². The maximum absolute atomic E-state index is 11.4. The van der Waals surface area contributed by atoms with Gasteiger partial charge in [-0.3, -0.25) is 4.79 Å². The normalized spacial score (nSPS) is 25.4. The number of nitrogens with one attached hydrogen (secondary N) is 1. The molecular formula is C12H24N2O2. The van der Waals surface area contributed by atoms with Gasteiger partial charge in [0.1, 0.15) is 0 Å². The number of hydrogen-bond acceptors (Lipinski definition) is 3. The summed E-state index contributed by atoms with van der Waals surface area (Å²) in [5.41, 5.74) is 5.83. The van der Waals surface area contributed by atoms with Crippen LogP contribution in [0.1, 0.15) is 39.0 Å². The maximum Gasteiger partial charge on any atom is 0.222 e. The molecule has 0 atom stereocenters. The Balaban J connectivity index is 2.03. The van der Waals surface area contributed by atoms with E-state index in [2.05, 4.69) is 5.32 Å². The molecular weight excluding hydrogens is 204 g/mol. The first-order valence-electron chi connectivity index (χ1n) is 6.32. The Kier molecular flexibility index (Phi) is 6.42. The number of carbonyl (C=O) groups excluding carboxylic acids is 1. The zero-order chi connectivity index (χ0) is 11.8. The van der Waals surface area contributed by atoms with Crippen molar-refractivity contribution >= 4 is 5.91 Å². The summed E-state index contributed by atoms with van der Waals surface area (Å²) in [5.74, 6) is 0.721. The van der Waals surface area contributed by atoms with Crippen LogP contribution >= 0.6 is 0 Å². The van der Waals surface area contributed by atoms with Gasteiger partial charge in [0.15, 0.2) is 0 Å². The lowest BCUT2D eigenvalue weighted by atomic mass is 9.86. The van der Waals surface area contributed by atoms with Crippen molar-refractivity contribution in [3.8, 4) is 0 Å². The van der Waals surface area contributed by atoms with Crippen LogP contribution in [-0.4, -0.2) is 31.7 Å². The van der Waals surface area contributed by atoms with Gasteiger partial charge in [-0.25, -0.2) is 0 Å². The van der Waals surface area contributed by atoms with Crippen LogP contribution < -0.4 is 11.1 Å². The number of ether oxygens (including phenoxy) is 1. The quantitative estimate of drug-likeness (QED) is 0.668. The molecule has 1 saturated carbocycles. The Labute approximate surface area is 97.9 Å². The average Bonchev–Trinajstić information content (AvgIpc) is 2.29. The summed E-state index contributed by atoms with van der Waals surface area (Å²) in [6.07, 6.45) is 4.96. The largest absolute Gasteiger partial charge is 0.381 e. The molecule has 1 aliphatic carbocycles. The van der Waals surface area contributed by atoms with E-state index in [4.69, 9.17) is 10.5 Å². The number of nitrogens with two attached hydrogens (primary N) is 1. The molecule has 0 aromatic heterocycles. The van der Waals surface area contributed by atoms with Crippen LogP contribution in [0.25, 0.3) is 0 Å². The topological polar surface area (TPSA) is 64.3 Å². The van der Waals surface area contributed by atoms with Crippen LogP contribution in [0.5, 0.6) is 0 Å². The van der Waals surface area contributed by atoms with Crippen LogP contribution in [0.3, 0.4) is 0 Å². The second-order valence-corrected chi connectivity index (χ2v) is 4.53. The van der Waals surface area contributed by atoms with Crippen LogP contribution in [0.4, 0.5) is 0 Å². The average molecular weight is 228 g/mol. The van der Waals surface area contributed by atoms with Crippen molar-refractivity contribution in [3.05, 3.63) is 0 Å². The molecule has 0 spiro atoms.